The number of hydrogen-bond acceptors (Lipinski definition) is 4. The van der Waals surface area contributed by atoms with Crippen molar-refractivity contribution in [1.82, 2.24) is 5.32 Å². The van der Waals surface area contributed by atoms with Crippen molar-refractivity contribution in [3.05, 3.63) is 0 Å². The summed E-state index contributed by atoms with van der Waals surface area (Å²) >= 11 is 0. The number of amides is 1. The predicted octanol–water partition coefficient (Wildman–Crippen LogP) is 1.38. The van der Waals surface area contributed by atoms with Crippen molar-refractivity contribution in [3.63, 3.8) is 0 Å². The lowest BCUT2D eigenvalue weighted by atomic mass is 9.99. The van der Waals surface area contributed by atoms with Crippen LogP contribution in [0, 0.1) is 5.92 Å². The zero-order valence-electron chi connectivity index (χ0n) is 16.7. The Balaban J connectivity index is 4.01. The van der Waals surface area contributed by atoms with Gasteiger partial charge >= 0.3 is 0 Å². The normalized spacial score (nSPS) is 14.1. The highest BCUT2D eigenvalue weighted by Crippen LogP contribution is 2.14. The van der Waals surface area contributed by atoms with Crippen LogP contribution in [0.2, 0.25) is 0 Å². The molecule has 0 aliphatic carbocycles. The van der Waals surface area contributed by atoms with Gasteiger partial charge in [-0.05, 0) is 6.42 Å². The standard InChI is InChI=1S/C19H39N3O3/c1-5-6-7-8-9-10-11-12-13-14-21-19(25)16(15-17(23)24)18(20)22(2,3)4/h16,18H,5-15,20H2,1-4H3,(H-,21,23,24,25). The van der Waals surface area contributed by atoms with Crippen molar-refractivity contribution < 1.29 is 19.2 Å². The largest absolute Gasteiger partial charge is 0.550 e. The maximum absolute atomic E-state index is 12.3. The maximum Gasteiger partial charge on any atom is 0.231 e. The summed E-state index contributed by atoms with van der Waals surface area (Å²) in [5, 5.41) is 13.8. The van der Waals surface area contributed by atoms with Gasteiger partial charge in [0.25, 0.3) is 0 Å². The van der Waals surface area contributed by atoms with Crippen molar-refractivity contribution in [1.29, 1.82) is 0 Å². The molecule has 0 aromatic rings. The molecule has 0 rings (SSSR count). The second kappa shape index (κ2) is 13.1. The van der Waals surface area contributed by atoms with Gasteiger partial charge in [-0.2, -0.15) is 0 Å². The first-order valence-corrected chi connectivity index (χ1v) is 9.74. The molecule has 2 unspecified atom stereocenters. The molecule has 0 aliphatic heterocycles. The number of nitrogens with one attached hydrogen (secondary N) is 1. The van der Waals surface area contributed by atoms with Crippen LogP contribution in [-0.4, -0.2) is 50.2 Å². The summed E-state index contributed by atoms with van der Waals surface area (Å²) in [4.78, 5) is 23.2. The van der Waals surface area contributed by atoms with Crippen LogP contribution >= 0.6 is 0 Å². The summed E-state index contributed by atoms with van der Waals surface area (Å²) in [7, 11) is 5.54. The minimum Gasteiger partial charge on any atom is -0.550 e. The summed E-state index contributed by atoms with van der Waals surface area (Å²) in [5.41, 5.74) is 6.08. The molecule has 2 atom stereocenters. The average molecular weight is 358 g/mol. The van der Waals surface area contributed by atoms with Crippen LogP contribution in [0.1, 0.15) is 71.1 Å². The number of quaternary nitrogens is 1. The molecule has 6 nitrogen and oxygen atoms in total. The van der Waals surface area contributed by atoms with Gasteiger partial charge in [0.1, 0.15) is 5.92 Å². The predicted molar refractivity (Wildman–Crippen MR) is 99.4 cm³/mol. The van der Waals surface area contributed by atoms with Crippen LogP contribution in [-0.2, 0) is 9.59 Å². The Morgan fingerprint density at radius 1 is 0.960 bits per heavy atom. The molecule has 0 saturated carbocycles. The monoisotopic (exact) mass is 357 g/mol. The highest BCUT2D eigenvalue weighted by Gasteiger charge is 2.34. The fraction of sp³-hybridized carbons (Fsp3) is 0.895. The summed E-state index contributed by atoms with van der Waals surface area (Å²) in [6.45, 7) is 2.79. The fourth-order valence-electron chi connectivity index (χ4n) is 2.87. The molecule has 25 heavy (non-hydrogen) atoms. The van der Waals surface area contributed by atoms with Crippen LogP contribution in [0.3, 0.4) is 0 Å². The number of rotatable bonds is 15. The molecular weight excluding hydrogens is 318 g/mol. The van der Waals surface area contributed by atoms with Crippen LogP contribution < -0.4 is 16.2 Å². The number of carboxylic acids is 1. The summed E-state index contributed by atoms with van der Waals surface area (Å²) in [6, 6.07) is 0. The molecule has 0 aromatic carbocycles. The maximum atomic E-state index is 12.3. The number of carboxylic acid groups (broad SMARTS) is 1. The first-order valence-electron chi connectivity index (χ1n) is 9.74. The lowest BCUT2D eigenvalue weighted by Gasteiger charge is -2.35. The lowest BCUT2D eigenvalue weighted by Crippen LogP contribution is -2.59. The summed E-state index contributed by atoms with van der Waals surface area (Å²) in [6.07, 6.45) is 10.0. The van der Waals surface area contributed by atoms with E-state index < -0.39 is 18.1 Å². The number of carbonyl (C=O) groups excluding carboxylic acids is 2. The van der Waals surface area contributed by atoms with E-state index in [4.69, 9.17) is 5.73 Å². The van der Waals surface area contributed by atoms with E-state index in [9.17, 15) is 14.7 Å². The molecule has 0 spiro atoms. The Kier molecular flexibility index (Phi) is 12.5. The Morgan fingerprint density at radius 3 is 1.88 bits per heavy atom. The van der Waals surface area contributed by atoms with Gasteiger partial charge in [-0.25, -0.2) is 0 Å². The molecule has 0 bridgehead atoms. The molecule has 0 saturated heterocycles. The fourth-order valence-corrected chi connectivity index (χ4v) is 2.87. The Bertz CT molecular complexity index is 381. The minimum atomic E-state index is -1.24. The lowest BCUT2D eigenvalue weighted by molar-refractivity contribution is -0.898. The number of carbonyl (C=O) groups is 2. The zero-order chi connectivity index (χ0) is 19.3. The molecule has 1 amide bonds. The minimum absolute atomic E-state index is 0.288. The molecule has 0 heterocycles. The van der Waals surface area contributed by atoms with Gasteiger partial charge < -0.3 is 19.7 Å². The van der Waals surface area contributed by atoms with Gasteiger partial charge in [0.05, 0.1) is 21.1 Å². The zero-order valence-corrected chi connectivity index (χ0v) is 16.7. The van der Waals surface area contributed by atoms with Crippen molar-refractivity contribution in [3.8, 4) is 0 Å². The number of hydrogen-bond donors (Lipinski definition) is 2. The third-order valence-corrected chi connectivity index (χ3v) is 4.61. The number of aliphatic carboxylic acids is 1. The molecule has 148 valence electrons. The summed E-state index contributed by atoms with van der Waals surface area (Å²) < 4.78 is 0.323. The van der Waals surface area contributed by atoms with Gasteiger partial charge in [-0.3, -0.25) is 10.5 Å². The van der Waals surface area contributed by atoms with E-state index in [-0.39, 0.29) is 12.3 Å². The SMILES string of the molecule is CCCCCCCCCCCNC(=O)C(CC(=O)[O-])C(N)[N+](C)(C)C. The summed E-state index contributed by atoms with van der Waals surface area (Å²) in [5.74, 6) is -2.31. The molecule has 0 radical (unpaired) electrons. The Labute approximate surface area is 153 Å². The van der Waals surface area contributed by atoms with E-state index in [1.54, 1.807) is 0 Å². The third kappa shape index (κ3) is 11.9. The highest BCUT2D eigenvalue weighted by molar-refractivity contribution is 5.83. The van der Waals surface area contributed by atoms with Crippen LogP contribution in [0.15, 0.2) is 0 Å². The van der Waals surface area contributed by atoms with E-state index in [1.807, 2.05) is 21.1 Å². The van der Waals surface area contributed by atoms with E-state index >= 15 is 0 Å². The second-order valence-corrected chi connectivity index (χ2v) is 7.91. The number of nitrogens with two attached hydrogens (primary N) is 1. The molecule has 0 aliphatic rings. The van der Waals surface area contributed by atoms with Crippen molar-refractivity contribution >= 4 is 11.9 Å². The first-order chi connectivity index (χ1) is 11.7. The molecular formula is C19H39N3O3. The van der Waals surface area contributed by atoms with Gasteiger partial charge in [-0.1, -0.05) is 58.3 Å². The van der Waals surface area contributed by atoms with Gasteiger partial charge in [0.2, 0.25) is 5.91 Å². The van der Waals surface area contributed by atoms with E-state index in [0.29, 0.717) is 11.0 Å². The van der Waals surface area contributed by atoms with Crippen molar-refractivity contribution in [2.45, 2.75) is 77.3 Å². The van der Waals surface area contributed by atoms with Gasteiger partial charge in [-0.15, -0.1) is 0 Å². The third-order valence-electron chi connectivity index (χ3n) is 4.61. The quantitative estimate of drug-likeness (QED) is 0.263. The molecule has 3 N–H and O–H groups in total. The van der Waals surface area contributed by atoms with Gasteiger partial charge in [0, 0.05) is 18.9 Å². The first kappa shape index (κ1) is 23.9. The number of nitrogens with zero attached hydrogens (tertiary/aromatic N) is 1. The van der Waals surface area contributed by atoms with E-state index in [2.05, 4.69) is 12.2 Å². The highest BCUT2D eigenvalue weighted by atomic mass is 16.4. The second-order valence-electron chi connectivity index (χ2n) is 7.91. The molecule has 6 heteroatoms. The van der Waals surface area contributed by atoms with Crippen molar-refractivity contribution in [2.75, 3.05) is 27.7 Å². The van der Waals surface area contributed by atoms with Gasteiger partial charge in [0.15, 0.2) is 6.17 Å². The molecule has 0 fully saturated rings. The number of unbranched alkanes of at least 4 members (excludes halogenated alkanes) is 8. The van der Waals surface area contributed by atoms with Crippen LogP contribution in [0.4, 0.5) is 0 Å². The van der Waals surface area contributed by atoms with Crippen molar-refractivity contribution in [2.24, 2.45) is 11.7 Å². The smallest absolute Gasteiger partial charge is 0.231 e. The average Bonchev–Trinajstić information content (AvgIpc) is 2.52. The Hall–Kier alpha value is -1.14. The van der Waals surface area contributed by atoms with Crippen LogP contribution in [0.25, 0.3) is 0 Å². The van der Waals surface area contributed by atoms with Crippen LogP contribution in [0.5, 0.6) is 0 Å². The van der Waals surface area contributed by atoms with E-state index in [1.165, 1.54) is 44.9 Å². The topological polar surface area (TPSA) is 95.2 Å². The Morgan fingerprint density at radius 2 is 1.44 bits per heavy atom. The molecule has 0 aromatic heterocycles. The van der Waals surface area contributed by atoms with E-state index in [0.717, 1.165) is 12.8 Å².